The van der Waals surface area contributed by atoms with Crippen molar-refractivity contribution in [3.8, 4) is 0 Å². The molecule has 0 aliphatic carbocycles. The third-order valence-electron chi connectivity index (χ3n) is 3.86. The van der Waals surface area contributed by atoms with Gasteiger partial charge < -0.3 is 24.8 Å². The fraction of sp³-hybridized carbons (Fsp3) is 0.667. The largest absolute Gasteiger partial charge is 0.393 e. The van der Waals surface area contributed by atoms with Gasteiger partial charge in [-0.25, -0.2) is 0 Å². The summed E-state index contributed by atoms with van der Waals surface area (Å²) < 4.78 is 10.7. The maximum absolute atomic E-state index is 10.7. The fourth-order valence-corrected chi connectivity index (χ4v) is 2.38. The zero-order chi connectivity index (χ0) is 17.7. The highest BCUT2D eigenvalue weighted by molar-refractivity contribution is 5.30. The Morgan fingerprint density at radius 3 is 1.83 bits per heavy atom. The SMILES string of the molecule is CCOC(OCC)[C@](O)(CO)[C@@H](O)c1ccc(C(C)(C)C)cc1. The molecule has 0 spiro atoms. The van der Waals surface area contributed by atoms with Crippen LogP contribution in [0.15, 0.2) is 24.3 Å². The molecule has 0 aromatic heterocycles. The normalized spacial score (nSPS) is 16.4. The van der Waals surface area contributed by atoms with E-state index >= 15 is 0 Å². The van der Waals surface area contributed by atoms with Gasteiger partial charge in [0.1, 0.15) is 6.10 Å². The maximum Gasteiger partial charge on any atom is 0.191 e. The second kappa shape index (κ2) is 8.22. The Balaban J connectivity index is 3.08. The molecule has 2 atom stereocenters. The van der Waals surface area contributed by atoms with Crippen LogP contribution in [0.4, 0.5) is 0 Å². The average molecular weight is 326 g/mol. The first kappa shape index (κ1) is 20.1. The van der Waals surface area contributed by atoms with Gasteiger partial charge in [-0.2, -0.15) is 0 Å². The molecule has 5 nitrogen and oxygen atoms in total. The van der Waals surface area contributed by atoms with E-state index in [1.54, 1.807) is 26.0 Å². The van der Waals surface area contributed by atoms with Gasteiger partial charge in [0.05, 0.1) is 6.61 Å². The van der Waals surface area contributed by atoms with Crippen molar-refractivity contribution in [3.05, 3.63) is 35.4 Å². The van der Waals surface area contributed by atoms with Gasteiger partial charge in [-0.3, -0.25) is 0 Å². The summed E-state index contributed by atoms with van der Waals surface area (Å²) in [6, 6.07) is 7.32. The molecular formula is C18H30O5. The van der Waals surface area contributed by atoms with Gasteiger partial charge in [-0.15, -0.1) is 0 Å². The highest BCUT2D eigenvalue weighted by atomic mass is 16.7. The van der Waals surface area contributed by atoms with Crippen LogP contribution in [0.2, 0.25) is 0 Å². The molecule has 1 rings (SSSR count). The van der Waals surface area contributed by atoms with Gasteiger partial charge in [-0.1, -0.05) is 45.0 Å². The molecule has 0 unspecified atom stereocenters. The summed E-state index contributed by atoms with van der Waals surface area (Å²) in [5.74, 6) is 0. The van der Waals surface area contributed by atoms with Gasteiger partial charge in [0.15, 0.2) is 11.9 Å². The van der Waals surface area contributed by atoms with Crippen molar-refractivity contribution < 1.29 is 24.8 Å². The number of aliphatic hydroxyl groups excluding tert-OH is 2. The van der Waals surface area contributed by atoms with E-state index in [0.717, 1.165) is 5.56 Å². The van der Waals surface area contributed by atoms with Gasteiger partial charge >= 0.3 is 0 Å². The van der Waals surface area contributed by atoms with Crippen molar-refractivity contribution in [1.82, 2.24) is 0 Å². The molecule has 0 aliphatic rings. The van der Waals surface area contributed by atoms with Crippen LogP contribution in [0.3, 0.4) is 0 Å². The van der Waals surface area contributed by atoms with E-state index in [9.17, 15) is 15.3 Å². The number of rotatable bonds is 8. The fourth-order valence-electron chi connectivity index (χ4n) is 2.38. The molecule has 3 N–H and O–H groups in total. The average Bonchev–Trinajstić information content (AvgIpc) is 2.52. The summed E-state index contributed by atoms with van der Waals surface area (Å²) >= 11 is 0. The molecule has 5 heteroatoms. The predicted octanol–water partition coefficient (Wildman–Crippen LogP) is 2.14. The van der Waals surface area contributed by atoms with Crippen molar-refractivity contribution in [2.45, 2.75) is 58.0 Å². The van der Waals surface area contributed by atoms with Gasteiger partial charge in [0.25, 0.3) is 0 Å². The van der Waals surface area contributed by atoms with Crippen LogP contribution in [0.1, 0.15) is 51.8 Å². The summed E-state index contributed by atoms with van der Waals surface area (Å²) in [5, 5.41) is 31.0. The molecule has 0 amide bonds. The number of aliphatic hydroxyl groups is 3. The van der Waals surface area contributed by atoms with Crippen LogP contribution in [-0.4, -0.2) is 47.0 Å². The third-order valence-corrected chi connectivity index (χ3v) is 3.86. The summed E-state index contributed by atoms with van der Waals surface area (Å²) in [6.07, 6.45) is -2.44. The van der Waals surface area contributed by atoms with Crippen molar-refractivity contribution in [1.29, 1.82) is 0 Å². The first-order valence-corrected chi connectivity index (χ1v) is 8.05. The molecule has 0 saturated heterocycles. The summed E-state index contributed by atoms with van der Waals surface area (Å²) in [4.78, 5) is 0. The Hall–Kier alpha value is -0.980. The highest BCUT2D eigenvalue weighted by Gasteiger charge is 2.45. The zero-order valence-electron chi connectivity index (χ0n) is 14.7. The molecule has 23 heavy (non-hydrogen) atoms. The van der Waals surface area contributed by atoms with E-state index in [1.165, 1.54) is 0 Å². The smallest absolute Gasteiger partial charge is 0.191 e. The lowest BCUT2D eigenvalue weighted by molar-refractivity contribution is -0.275. The van der Waals surface area contributed by atoms with Crippen LogP contribution < -0.4 is 0 Å². The quantitative estimate of drug-likeness (QED) is 0.638. The Morgan fingerprint density at radius 1 is 1.00 bits per heavy atom. The minimum Gasteiger partial charge on any atom is -0.393 e. The van der Waals surface area contributed by atoms with E-state index in [0.29, 0.717) is 18.8 Å². The highest BCUT2D eigenvalue weighted by Crippen LogP contribution is 2.32. The summed E-state index contributed by atoms with van der Waals surface area (Å²) in [6.45, 7) is 9.72. The zero-order valence-corrected chi connectivity index (χ0v) is 14.7. The van der Waals surface area contributed by atoms with Crippen LogP contribution >= 0.6 is 0 Å². The maximum atomic E-state index is 10.7. The monoisotopic (exact) mass is 326 g/mol. The lowest BCUT2D eigenvalue weighted by Gasteiger charge is -2.37. The third kappa shape index (κ3) is 4.75. The minimum atomic E-state index is -1.94. The number of hydrogen-bond donors (Lipinski definition) is 3. The van der Waals surface area contributed by atoms with E-state index in [2.05, 4.69) is 20.8 Å². The van der Waals surface area contributed by atoms with Crippen molar-refractivity contribution in [3.63, 3.8) is 0 Å². The Labute approximate surface area is 138 Å². The van der Waals surface area contributed by atoms with Gasteiger partial charge in [-0.05, 0) is 30.4 Å². The van der Waals surface area contributed by atoms with Crippen LogP contribution in [0.5, 0.6) is 0 Å². The Bertz CT molecular complexity index is 459. The van der Waals surface area contributed by atoms with Gasteiger partial charge in [0, 0.05) is 13.2 Å². The van der Waals surface area contributed by atoms with Gasteiger partial charge in [0.2, 0.25) is 0 Å². The predicted molar refractivity (Wildman–Crippen MR) is 89.2 cm³/mol. The standard InChI is InChI=1S/C18H30O5/c1-6-22-16(23-7-2)18(21,12-19)15(20)13-8-10-14(11-9-13)17(3,4)5/h8-11,15-16,19-21H,6-7,12H2,1-5H3/t15-,18-/m0/s1. The second-order valence-electron chi connectivity index (χ2n) is 6.67. The molecule has 132 valence electrons. The molecular weight excluding hydrogens is 296 g/mol. The molecule has 0 heterocycles. The van der Waals surface area contributed by atoms with Crippen molar-refractivity contribution >= 4 is 0 Å². The van der Waals surface area contributed by atoms with Crippen molar-refractivity contribution in [2.24, 2.45) is 0 Å². The molecule has 0 bridgehead atoms. The van der Waals surface area contributed by atoms with E-state index in [4.69, 9.17) is 9.47 Å². The molecule has 0 saturated carbocycles. The van der Waals surface area contributed by atoms with Crippen LogP contribution in [0, 0.1) is 0 Å². The molecule has 1 aromatic carbocycles. The second-order valence-corrected chi connectivity index (χ2v) is 6.67. The number of hydrogen-bond acceptors (Lipinski definition) is 5. The first-order chi connectivity index (χ1) is 10.7. The molecule has 1 aromatic rings. The molecule has 0 aliphatic heterocycles. The molecule has 0 fully saturated rings. The number of ether oxygens (including phenoxy) is 2. The number of benzene rings is 1. The Kier molecular flexibility index (Phi) is 7.17. The van der Waals surface area contributed by atoms with Crippen molar-refractivity contribution in [2.75, 3.05) is 19.8 Å². The van der Waals surface area contributed by atoms with E-state index in [-0.39, 0.29) is 5.41 Å². The summed E-state index contributed by atoms with van der Waals surface area (Å²) in [5.41, 5.74) is -0.323. The van der Waals surface area contributed by atoms with E-state index in [1.807, 2.05) is 12.1 Å². The lowest BCUT2D eigenvalue weighted by Crippen LogP contribution is -2.53. The minimum absolute atomic E-state index is 0.00402. The van der Waals surface area contributed by atoms with Crippen LogP contribution in [0.25, 0.3) is 0 Å². The van der Waals surface area contributed by atoms with E-state index < -0.39 is 24.6 Å². The Morgan fingerprint density at radius 2 is 1.48 bits per heavy atom. The summed E-state index contributed by atoms with van der Waals surface area (Å²) in [7, 11) is 0. The lowest BCUT2D eigenvalue weighted by atomic mass is 9.84. The topological polar surface area (TPSA) is 79.2 Å². The van der Waals surface area contributed by atoms with Crippen LogP contribution in [-0.2, 0) is 14.9 Å². The molecule has 0 radical (unpaired) electrons. The first-order valence-electron chi connectivity index (χ1n) is 8.05.